The van der Waals surface area contributed by atoms with Gasteiger partial charge in [0.2, 0.25) is 5.75 Å². The number of aliphatic hydroxyl groups is 1. The number of aliphatic hydroxyl groups excluding tert-OH is 1. The first-order valence-corrected chi connectivity index (χ1v) is 6.96. The summed E-state index contributed by atoms with van der Waals surface area (Å²) >= 11 is 0. The van der Waals surface area contributed by atoms with Crippen molar-refractivity contribution in [2.24, 2.45) is 0 Å². The smallest absolute Gasteiger partial charge is 0.259 e. The predicted molar refractivity (Wildman–Crippen MR) is 80.3 cm³/mol. The van der Waals surface area contributed by atoms with Crippen LogP contribution in [0.5, 0.6) is 11.5 Å². The Kier molecular flexibility index (Phi) is 6.12. The fourth-order valence-corrected chi connectivity index (χ4v) is 1.94. The molecule has 0 bridgehead atoms. The normalized spacial score (nSPS) is 10.5. The number of hydrogen-bond acceptors (Lipinski definition) is 5. The van der Waals surface area contributed by atoms with E-state index in [9.17, 15) is 4.39 Å². The zero-order chi connectivity index (χ0) is 15.8. The lowest BCUT2D eigenvalue weighted by atomic mass is 10.2. The van der Waals surface area contributed by atoms with Crippen LogP contribution in [0.2, 0.25) is 0 Å². The van der Waals surface area contributed by atoms with Crippen molar-refractivity contribution in [3.05, 3.63) is 53.6 Å². The van der Waals surface area contributed by atoms with Crippen LogP contribution in [0.15, 0.2) is 36.4 Å². The molecule has 1 heterocycles. The minimum Gasteiger partial charge on any atom is -0.489 e. The zero-order valence-corrected chi connectivity index (χ0v) is 12.4. The Morgan fingerprint density at radius 2 is 2.05 bits per heavy atom. The maximum Gasteiger partial charge on any atom is 0.259 e. The van der Waals surface area contributed by atoms with E-state index in [2.05, 4.69) is 10.3 Å². The monoisotopic (exact) mass is 306 g/mol. The van der Waals surface area contributed by atoms with E-state index in [0.29, 0.717) is 31.1 Å². The average molecular weight is 306 g/mol. The van der Waals surface area contributed by atoms with Crippen molar-refractivity contribution < 1.29 is 19.0 Å². The van der Waals surface area contributed by atoms with Gasteiger partial charge >= 0.3 is 0 Å². The number of benzene rings is 1. The molecule has 0 radical (unpaired) electrons. The van der Waals surface area contributed by atoms with Crippen molar-refractivity contribution in [2.45, 2.75) is 13.2 Å². The molecule has 0 saturated carbocycles. The first-order chi connectivity index (χ1) is 10.7. The molecular formula is C16H19FN2O3. The first-order valence-electron chi connectivity index (χ1n) is 6.96. The molecule has 1 aromatic heterocycles. The maximum atomic E-state index is 14.0. The lowest BCUT2D eigenvalue weighted by Gasteiger charge is -2.13. The largest absolute Gasteiger partial charge is 0.489 e. The van der Waals surface area contributed by atoms with E-state index < -0.39 is 5.95 Å². The van der Waals surface area contributed by atoms with Gasteiger partial charge in [0.1, 0.15) is 6.61 Å². The van der Waals surface area contributed by atoms with Gasteiger partial charge < -0.3 is 19.9 Å². The van der Waals surface area contributed by atoms with E-state index in [1.165, 1.54) is 7.11 Å². The summed E-state index contributed by atoms with van der Waals surface area (Å²) < 4.78 is 24.6. The van der Waals surface area contributed by atoms with Crippen LogP contribution in [0.25, 0.3) is 0 Å². The van der Waals surface area contributed by atoms with Gasteiger partial charge in [0.05, 0.1) is 19.4 Å². The van der Waals surface area contributed by atoms with Gasteiger partial charge in [-0.15, -0.1) is 0 Å². The highest BCUT2D eigenvalue weighted by Gasteiger charge is 2.14. The van der Waals surface area contributed by atoms with Gasteiger partial charge in [-0.2, -0.15) is 4.39 Å². The molecule has 0 spiro atoms. The standard InChI is InChI=1S/C16H19FN2O3/c1-21-15-14(22-11-12-5-3-2-4-6-12)9-13(19-16(15)17)10-18-7-8-20/h2-6,9,18,20H,7-8,10-11H2,1H3. The van der Waals surface area contributed by atoms with Gasteiger partial charge in [-0.25, -0.2) is 4.98 Å². The van der Waals surface area contributed by atoms with Crippen molar-refractivity contribution in [3.8, 4) is 11.5 Å². The van der Waals surface area contributed by atoms with Gasteiger partial charge in [0.25, 0.3) is 5.95 Å². The van der Waals surface area contributed by atoms with E-state index in [1.54, 1.807) is 6.07 Å². The van der Waals surface area contributed by atoms with E-state index in [4.69, 9.17) is 14.6 Å². The molecule has 0 aliphatic heterocycles. The van der Waals surface area contributed by atoms with Crippen LogP contribution < -0.4 is 14.8 Å². The van der Waals surface area contributed by atoms with Crippen molar-refractivity contribution in [1.29, 1.82) is 0 Å². The summed E-state index contributed by atoms with van der Waals surface area (Å²) in [6.07, 6.45) is 0. The fraction of sp³-hybridized carbons (Fsp3) is 0.312. The average Bonchev–Trinajstić information content (AvgIpc) is 2.54. The zero-order valence-electron chi connectivity index (χ0n) is 12.4. The van der Waals surface area contributed by atoms with E-state index in [1.807, 2.05) is 30.3 Å². The Hall–Kier alpha value is -2.18. The number of rotatable bonds is 8. The number of ether oxygens (including phenoxy) is 2. The highest BCUT2D eigenvalue weighted by molar-refractivity contribution is 5.40. The van der Waals surface area contributed by atoms with Gasteiger partial charge in [-0.1, -0.05) is 30.3 Å². The first kappa shape index (κ1) is 16.2. The second-order valence-corrected chi connectivity index (χ2v) is 4.61. The molecule has 0 unspecified atom stereocenters. The van der Waals surface area contributed by atoms with Crippen LogP contribution in [0.4, 0.5) is 4.39 Å². The molecule has 118 valence electrons. The van der Waals surface area contributed by atoms with Crippen molar-refractivity contribution >= 4 is 0 Å². The van der Waals surface area contributed by atoms with Crippen LogP contribution in [-0.2, 0) is 13.2 Å². The molecule has 2 N–H and O–H groups in total. The summed E-state index contributed by atoms with van der Waals surface area (Å²) in [5.74, 6) is -0.421. The van der Waals surface area contributed by atoms with Gasteiger partial charge in [-0.05, 0) is 5.56 Å². The van der Waals surface area contributed by atoms with Crippen LogP contribution in [0.3, 0.4) is 0 Å². The quantitative estimate of drug-likeness (QED) is 0.576. The van der Waals surface area contributed by atoms with Crippen LogP contribution in [0, 0.1) is 5.95 Å². The molecule has 2 rings (SSSR count). The third-order valence-corrected chi connectivity index (χ3v) is 2.99. The summed E-state index contributed by atoms with van der Waals surface area (Å²) in [6, 6.07) is 11.2. The molecule has 22 heavy (non-hydrogen) atoms. The summed E-state index contributed by atoms with van der Waals surface area (Å²) in [5, 5.41) is 11.7. The van der Waals surface area contributed by atoms with E-state index >= 15 is 0 Å². The van der Waals surface area contributed by atoms with Crippen molar-refractivity contribution in [3.63, 3.8) is 0 Å². The highest BCUT2D eigenvalue weighted by atomic mass is 19.1. The molecular weight excluding hydrogens is 287 g/mol. The number of methoxy groups -OCH3 is 1. The Labute approximate surface area is 128 Å². The number of nitrogens with zero attached hydrogens (tertiary/aromatic N) is 1. The Morgan fingerprint density at radius 1 is 1.27 bits per heavy atom. The lowest BCUT2D eigenvalue weighted by molar-refractivity contribution is 0.273. The van der Waals surface area contributed by atoms with Crippen LogP contribution in [0.1, 0.15) is 11.3 Å². The number of pyridine rings is 1. The molecule has 2 aromatic rings. The van der Waals surface area contributed by atoms with Crippen LogP contribution >= 0.6 is 0 Å². The summed E-state index contributed by atoms with van der Waals surface area (Å²) in [5.41, 5.74) is 1.46. The molecule has 0 aliphatic rings. The summed E-state index contributed by atoms with van der Waals surface area (Å²) in [6.45, 7) is 1.07. The minimum atomic E-state index is -0.714. The predicted octanol–water partition coefficient (Wildman–Crippen LogP) is 1.89. The minimum absolute atomic E-state index is 0.00992. The maximum absolute atomic E-state index is 14.0. The number of hydrogen-bond donors (Lipinski definition) is 2. The van der Waals surface area contributed by atoms with Gasteiger partial charge in [0.15, 0.2) is 5.75 Å². The fourth-order valence-electron chi connectivity index (χ4n) is 1.94. The topological polar surface area (TPSA) is 63.6 Å². The molecule has 0 aliphatic carbocycles. The molecule has 0 fully saturated rings. The second kappa shape index (κ2) is 8.31. The molecule has 0 atom stereocenters. The molecule has 0 amide bonds. The Balaban J connectivity index is 2.12. The summed E-state index contributed by atoms with van der Waals surface area (Å²) in [4.78, 5) is 3.82. The van der Waals surface area contributed by atoms with Crippen molar-refractivity contribution in [1.82, 2.24) is 10.3 Å². The van der Waals surface area contributed by atoms with Crippen molar-refractivity contribution in [2.75, 3.05) is 20.3 Å². The number of aromatic nitrogens is 1. The SMILES string of the molecule is COc1c(OCc2ccccc2)cc(CNCCO)nc1F. The Bertz CT molecular complexity index is 593. The second-order valence-electron chi connectivity index (χ2n) is 4.61. The van der Waals surface area contributed by atoms with Gasteiger partial charge in [-0.3, -0.25) is 0 Å². The highest BCUT2D eigenvalue weighted by Crippen LogP contribution is 2.30. The molecule has 5 nitrogen and oxygen atoms in total. The molecule has 1 aromatic carbocycles. The number of nitrogens with one attached hydrogen (secondary N) is 1. The van der Waals surface area contributed by atoms with E-state index in [0.717, 1.165) is 5.56 Å². The molecule has 0 saturated heterocycles. The third-order valence-electron chi connectivity index (χ3n) is 2.99. The third kappa shape index (κ3) is 4.41. The van der Waals surface area contributed by atoms with Gasteiger partial charge in [0, 0.05) is 19.2 Å². The lowest BCUT2D eigenvalue weighted by Crippen LogP contribution is -2.18. The Morgan fingerprint density at radius 3 is 2.73 bits per heavy atom. The summed E-state index contributed by atoms with van der Waals surface area (Å²) in [7, 11) is 1.37. The van der Waals surface area contributed by atoms with E-state index in [-0.39, 0.29) is 12.4 Å². The molecule has 6 heteroatoms. The van der Waals surface area contributed by atoms with Crippen LogP contribution in [-0.4, -0.2) is 30.4 Å². The number of halogens is 1.